The van der Waals surface area contributed by atoms with E-state index in [0.29, 0.717) is 5.69 Å². The van der Waals surface area contributed by atoms with Gasteiger partial charge in [-0.15, -0.1) is 4.91 Å². The number of hydrogen-bond donors (Lipinski definition) is 1. The summed E-state index contributed by atoms with van der Waals surface area (Å²) in [6.45, 7) is 1.36. The van der Waals surface area contributed by atoms with Gasteiger partial charge >= 0.3 is 5.97 Å². The van der Waals surface area contributed by atoms with Crippen LogP contribution in [0.5, 0.6) is 0 Å². The highest BCUT2D eigenvalue weighted by molar-refractivity contribution is 7.92. The van der Waals surface area contributed by atoms with E-state index in [4.69, 9.17) is 5.11 Å². The number of rotatable bonds is 8. The molecule has 9 heteroatoms. The van der Waals surface area contributed by atoms with E-state index in [1.807, 2.05) is 0 Å². The van der Waals surface area contributed by atoms with Crippen LogP contribution in [-0.4, -0.2) is 32.6 Å². The molecule has 0 aromatic heterocycles. The minimum Gasteiger partial charge on any atom is -0.480 e. The van der Waals surface area contributed by atoms with Crippen LogP contribution in [0.2, 0.25) is 0 Å². The third-order valence-electron chi connectivity index (χ3n) is 3.44. The molecule has 0 atom stereocenters. The van der Waals surface area contributed by atoms with Crippen molar-refractivity contribution in [1.29, 1.82) is 0 Å². The number of carboxylic acids is 1. The second-order valence-corrected chi connectivity index (χ2v) is 6.89. The molecule has 1 N–H and O–H groups in total. The zero-order valence-electron chi connectivity index (χ0n) is 13.4. The first kappa shape index (κ1) is 18.4. The normalized spacial score (nSPS) is 10.9. The Bertz CT molecular complexity index is 838. The first-order valence-corrected chi connectivity index (χ1v) is 8.84. The average Bonchev–Trinajstić information content (AvgIpc) is 2.61. The fourth-order valence-corrected chi connectivity index (χ4v) is 3.77. The standard InChI is InChI=1S/C16H17N3O5S/c1-2-19(14-6-4-3-5-7-14)25(23,24)15-10-8-13(9-11-15)18(17-22)12-16(20)21/h3-11H,2,12H2,1H3,(H,20,21). The quantitative estimate of drug-likeness (QED) is 0.570. The molecule has 0 bridgehead atoms. The Labute approximate surface area is 145 Å². The molecule has 0 unspecified atom stereocenters. The molecule has 0 saturated carbocycles. The van der Waals surface area contributed by atoms with Crippen LogP contribution in [0.3, 0.4) is 0 Å². The molecule has 0 aliphatic heterocycles. The van der Waals surface area contributed by atoms with Crippen molar-refractivity contribution in [1.82, 2.24) is 0 Å². The summed E-state index contributed by atoms with van der Waals surface area (Å²) in [6.07, 6.45) is 0. The van der Waals surface area contributed by atoms with Crippen molar-refractivity contribution in [3.05, 3.63) is 59.5 Å². The summed E-state index contributed by atoms with van der Waals surface area (Å²) >= 11 is 0. The Morgan fingerprint density at radius 1 is 1.04 bits per heavy atom. The maximum Gasteiger partial charge on any atom is 0.325 e. The Balaban J connectivity index is 2.34. The molecule has 132 valence electrons. The molecule has 0 aliphatic rings. The van der Waals surface area contributed by atoms with Crippen molar-refractivity contribution < 1.29 is 18.3 Å². The predicted octanol–water partition coefficient (Wildman–Crippen LogP) is 2.47. The lowest BCUT2D eigenvalue weighted by Crippen LogP contribution is -2.30. The summed E-state index contributed by atoms with van der Waals surface area (Å²) in [6, 6.07) is 14.0. The van der Waals surface area contributed by atoms with Crippen molar-refractivity contribution in [2.24, 2.45) is 5.29 Å². The van der Waals surface area contributed by atoms with Gasteiger partial charge in [0.1, 0.15) is 6.54 Å². The number of benzene rings is 2. The summed E-state index contributed by atoms with van der Waals surface area (Å²) in [5.41, 5.74) is 0.732. The molecule has 0 radical (unpaired) electrons. The van der Waals surface area contributed by atoms with Crippen LogP contribution >= 0.6 is 0 Å². The first-order chi connectivity index (χ1) is 11.9. The van der Waals surface area contributed by atoms with Gasteiger partial charge in [-0.1, -0.05) is 18.2 Å². The molecule has 8 nitrogen and oxygen atoms in total. The van der Waals surface area contributed by atoms with Gasteiger partial charge in [0.15, 0.2) is 0 Å². The summed E-state index contributed by atoms with van der Waals surface area (Å²) in [5.74, 6) is -1.22. The van der Waals surface area contributed by atoms with Crippen LogP contribution in [0.1, 0.15) is 6.92 Å². The third kappa shape index (κ3) is 4.13. The monoisotopic (exact) mass is 363 g/mol. The number of carboxylic acid groups (broad SMARTS) is 1. The van der Waals surface area contributed by atoms with E-state index >= 15 is 0 Å². The Kier molecular flexibility index (Phi) is 5.71. The minimum absolute atomic E-state index is 0.0307. The highest BCUT2D eigenvalue weighted by atomic mass is 32.2. The van der Waals surface area contributed by atoms with Gasteiger partial charge in [-0.05, 0) is 43.3 Å². The lowest BCUT2D eigenvalue weighted by Gasteiger charge is -2.23. The first-order valence-electron chi connectivity index (χ1n) is 7.40. The largest absolute Gasteiger partial charge is 0.480 e. The summed E-state index contributed by atoms with van der Waals surface area (Å²) in [5, 5.41) is 12.1. The van der Waals surface area contributed by atoms with Gasteiger partial charge < -0.3 is 5.11 Å². The topological polar surface area (TPSA) is 107 Å². The van der Waals surface area contributed by atoms with Gasteiger partial charge in [-0.3, -0.25) is 9.10 Å². The van der Waals surface area contributed by atoms with E-state index in [0.717, 1.165) is 5.01 Å². The van der Waals surface area contributed by atoms with Crippen molar-refractivity contribution in [2.75, 3.05) is 22.4 Å². The number of aliphatic carboxylic acids is 1. The molecule has 2 rings (SSSR count). The van der Waals surface area contributed by atoms with E-state index in [1.54, 1.807) is 37.3 Å². The van der Waals surface area contributed by atoms with Gasteiger partial charge in [-0.2, -0.15) is 0 Å². The van der Waals surface area contributed by atoms with Crippen molar-refractivity contribution in [3.8, 4) is 0 Å². The van der Waals surface area contributed by atoms with Crippen LogP contribution in [-0.2, 0) is 14.8 Å². The zero-order valence-corrected chi connectivity index (χ0v) is 14.3. The van der Waals surface area contributed by atoms with Gasteiger partial charge in [0, 0.05) is 6.54 Å². The molecule has 0 fully saturated rings. The van der Waals surface area contributed by atoms with Gasteiger partial charge in [-0.25, -0.2) is 13.4 Å². The van der Waals surface area contributed by atoms with Crippen molar-refractivity contribution in [2.45, 2.75) is 11.8 Å². The minimum atomic E-state index is -3.79. The van der Waals surface area contributed by atoms with Gasteiger partial charge in [0.05, 0.1) is 21.6 Å². The van der Waals surface area contributed by atoms with E-state index in [1.165, 1.54) is 28.6 Å². The van der Waals surface area contributed by atoms with E-state index in [9.17, 15) is 18.1 Å². The smallest absolute Gasteiger partial charge is 0.325 e. The lowest BCUT2D eigenvalue weighted by atomic mass is 10.3. The fourth-order valence-electron chi connectivity index (χ4n) is 2.30. The second kappa shape index (κ2) is 7.75. The Morgan fingerprint density at radius 2 is 1.64 bits per heavy atom. The molecule has 0 spiro atoms. The number of sulfonamides is 1. The van der Waals surface area contributed by atoms with Crippen LogP contribution in [0.15, 0.2) is 64.8 Å². The molecular weight excluding hydrogens is 346 g/mol. The maximum atomic E-state index is 12.8. The fraction of sp³-hybridized carbons (Fsp3) is 0.188. The lowest BCUT2D eigenvalue weighted by molar-refractivity contribution is -0.135. The number of anilines is 2. The number of para-hydroxylation sites is 1. The molecule has 0 heterocycles. The van der Waals surface area contributed by atoms with Crippen molar-refractivity contribution in [3.63, 3.8) is 0 Å². The van der Waals surface area contributed by atoms with Crippen LogP contribution in [0, 0.1) is 4.91 Å². The predicted molar refractivity (Wildman–Crippen MR) is 93.9 cm³/mol. The number of nitrogens with zero attached hydrogens (tertiary/aromatic N) is 3. The highest BCUT2D eigenvalue weighted by Crippen LogP contribution is 2.25. The molecule has 0 aliphatic carbocycles. The zero-order chi connectivity index (χ0) is 18.4. The molecule has 2 aromatic rings. The third-order valence-corrected chi connectivity index (χ3v) is 5.35. The summed E-state index contributed by atoms with van der Waals surface area (Å²) < 4.78 is 26.9. The van der Waals surface area contributed by atoms with Gasteiger partial charge in [0.2, 0.25) is 0 Å². The average molecular weight is 363 g/mol. The van der Waals surface area contributed by atoms with Crippen LogP contribution in [0.4, 0.5) is 11.4 Å². The van der Waals surface area contributed by atoms with E-state index < -0.39 is 22.5 Å². The summed E-state index contributed by atoms with van der Waals surface area (Å²) in [4.78, 5) is 21.5. The molecule has 0 saturated heterocycles. The second-order valence-electron chi connectivity index (χ2n) is 5.03. The van der Waals surface area contributed by atoms with Crippen molar-refractivity contribution >= 4 is 27.4 Å². The SMILES string of the molecule is CCN(c1ccccc1)S(=O)(=O)c1ccc(N(CC(=O)O)N=O)cc1. The van der Waals surface area contributed by atoms with E-state index in [-0.39, 0.29) is 17.1 Å². The Morgan fingerprint density at radius 3 is 2.12 bits per heavy atom. The molecular formula is C16H17N3O5S. The van der Waals surface area contributed by atoms with Crippen LogP contribution < -0.4 is 9.31 Å². The number of carbonyl (C=O) groups is 1. The highest BCUT2D eigenvalue weighted by Gasteiger charge is 2.23. The molecule has 2 aromatic carbocycles. The summed E-state index contributed by atoms with van der Waals surface area (Å²) in [7, 11) is -3.79. The molecule has 0 amide bonds. The van der Waals surface area contributed by atoms with Gasteiger partial charge in [0.25, 0.3) is 10.0 Å². The molecule has 25 heavy (non-hydrogen) atoms. The number of nitroso groups, excluding NO2 is 1. The maximum absolute atomic E-state index is 12.8. The number of hydrogen-bond acceptors (Lipinski definition) is 5. The van der Waals surface area contributed by atoms with E-state index in [2.05, 4.69) is 5.29 Å². The Hall–Kier alpha value is -2.94. The van der Waals surface area contributed by atoms with Crippen LogP contribution in [0.25, 0.3) is 0 Å².